The summed E-state index contributed by atoms with van der Waals surface area (Å²) in [5.41, 5.74) is 2.98. The van der Waals surface area contributed by atoms with Gasteiger partial charge in [-0.25, -0.2) is 0 Å². The SMILES string of the molecule is Cn1c([C@H](O)c2ccccc2)cc2ccccc21. The Morgan fingerprint density at radius 1 is 0.944 bits per heavy atom. The second-order valence-electron chi connectivity index (χ2n) is 4.50. The molecule has 0 spiro atoms. The topological polar surface area (TPSA) is 25.2 Å². The molecule has 2 heteroatoms. The van der Waals surface area contributed by atoms with Crippen LogP contribution in [0.25, 0.3) is 10.9 Å². The Labute approximate surface area is 106 Å². The van der Waals surface area contributed by atoms with Crippen molar-refractivity contribution in [2.75, 3.05) is 0 Å². The summed E-state index contributed by atoms with van der Waals surface area (Å²) in [4.78, 5) is 0. The quantitative estimate of drug-likeness (QED) is 0.727. The molecule has 0 radical (unpaired) electrons. The molecular weight excluding hydrogens is 222 g/mol. The number of aryl methyl sites for hydroxylation is 1. The van der Waals surface area contributed by atoms with Crippen molar-refractivity contribution in [3.8, 4) is 0 Å². The lowest BCUT2D eigenvalue weighted by Gasteiger charge is -2.12. The third kappa shape index (κ3) is 1.71. The van der Waals surface area contributed by atoms with Crippen LogP contribution in [0, 0.1) is 0 Å². The molecule has 18 heavy (non-hydrogen) atoms. The Hall–Kier alpha value is -2.06. The average molecular weight is 237 g/mol. The number of aliphatic hydroxyl groups is 1. The fourth-order valence-electron chi connectivity index (χ4n) is 2.38. The first-order valence-corrected chi connectivity index (χ1v) is 6.05. The van der Waals surface area contributed by atoms with Crippen LogP contribution >= 0.6 is 0 Å². The molecule has 0 bridgehead atoms. The zero-order chi connectivity index (χ0) is 12.5. The van der Waals surface area contributed by atoms with Gasteiger partial charge in [0.05, 0.1) is 5.69 Å². The van der Waals surface area contributed by atoms with Crippen molar-refractivity contribution in [2.24, 2.45) is 7.05 Å². The normalized spacial score (nSPS) is 12.8. The van der Waals surface area contributed by atoms with Gasteiger partial charge in [-0.15, -0.1) is 0 Å². The molecule has 2 aromatic carbocycles. The molecule has 1 aromatic heterocycles. The smallest absolute Gasteiger partial charge is 0.119 e. The number of benzene rings is 2. The number of aliphatic hydroxyl groups excluding tert-OH is 1. The fraction of sp³-hybridized carbons (Fsp3) is 0.125. The van der Waals surface area contributed by atoms with Crippen LogP contribution < -0.4 is 0 Å². The highest BCUT2D eigenvalue weighted by Gasteiger charge is 2.15. The number of rotatable bonds is 2. The number of hydrogen-bond acceptors (Lipinski definition) is 1. The van der Waals surface area contributed by atoms with Crippen molar-refractivity contribution in [3.63, 3.8) is 0 Å². The van der Waals surface area contributed by atoms with Crippen molar-refractivity contribution in [1.29, 1.82) is 0 Å². The Morgan fingerprint density at radius 3 is 2.33 bits per heavy atom. The molecule has 0 fully saturated rings. The molecule has 0 saturated carbocycles. The van der Waals surface area contributed by atoms with E-state index in [0.717, 1.165) is 22.2 Å². The molecule has 3 aromatic rings. The monoisotopic (exact) mass is 237 g/mol. The zero-order valence-electron chi connectivity index (χ0n) is 10.2. The van der Waals surface area contributed by atoms with Gasteiger partial charge in [0.15, 0.2) is 0 Å². The Morgan fingerprint density at radius 2 is 1.61 bits per heavy atom. The molecule has 1 atom stereocenters. The van der Waals surface area contributed by atoms with Gasteiger partial charge in [-0.2, -0.15) is 0 Å². The molecule has 90 valence electrons. The summed E-state index contributed by atoms with van der Waals surface area (Å²) in [5, 5.41) is 11.6. The lowest BCUT2D eigenvalue weighted by atomic mass is 10.1. The van der Waals surface area contributed by atoms with Gasteiger partial charge in [-0.1, -0.05) is 48.5 Å². The van der Waals surface area contributed by atoms with Crippen molar-refractivity contribution >= 4 is 10.9 Å². The lowest BCUT2D eigenvalue weighted by Crippen LogP contribution is -2.05. The third-order valence-corrected chi connectivity index (χ3v) is 3.38. The minimum absolute atomic E-state index is 0.580. The second kappa shape index (κ2) is 4.31. The summed E-state index contributed by atoms with van der Waals surface area (Å²) in [7, 11) is 1.99. The summed E-state index contributed by atoms with van der Waals surface area (Å²) >= 11 is 0. The predicted molar refractivity (Wildman–Crippen MR) is 73.4 cm³/mol. The van der Waals surface area contributed by atoms with Gasteiger partial charge in [0.25, 0.3) is 0 Å². The van der Waals surface area contributed by atoms with E-state index in [0.29, 0.717) is 0 Å². The van der Waals surface area contributed by atoms with Gasteiger partial charge >= 0.3 is 0 Å². The number of nitrogens with zero attached hydrogens (tertiary/aromatic N) is 1. The van der Waals surface area contributed by atoms with E-state index in [2.05, 4.69) is 12.1 Å². The summed E-state index contributed by atoms with van der Waals surface area (Å²) < 4.78 is 2.05. The van der Waals surface area contributed by atoms with E-state index < -0.39 is 6.10 Å². The zero-order valence-corrected chi connectivity index (χ0v) is 10.2. The van der Waals surface area contributed by atoms with Crippen LogP contribution in [0.3, 0.4) is 0 Å². The van der Waals surface area contributed by atoms with Crippen molar-refractivity contribution in [2.45, 2.75) is 6.10 Å². The predicted octanol–water partition coefficient (Wildman–Crippen LogP) is 3.26. The Kier molecular flexibility index (Phi) is 2.65. The molecule has 0 aliphatic heterocycles. The number of aromatic nitrogens is 1. The van der Waals surface area contributed by atoms with E-state index in [9.17, 15) is 5.11 Å². The van der Waals surface area contributed by atoms with E-state index in [1.165, 1.54) is 0 Å². The standard InChI is InChI=1S/C16H15NO/c1-17-14-10-6-5-9-13(14)11-15(17)16(18)12-7-3-2-4-8-12/h2-11,16,18H,1H3/t16-/m1/s1. The van der Waals surface area contributed by atoms with Crippen molar-refractivity contribution < 1.29 is 5.11 Å². The molecule has 2 nitrogen and oxygen atoms in total. The number of fused-ring (bicyclic) bond motifs is 1. The van der Waals surface area contributed by atoms with E-state index >= 15 is 0 Å². The molecule has 0 aliphatic carbocycles. The van der Waals surface area contributed by atoms with Gasteiger partial charge in [0.1, 0.15) is 6.10 Å². The number of para-hydroxylation sites is 1. The maximum absolute atomic E-state index is 10.5. The van der Waals surface area contributed by atoms with Gasteiger partial charge in [-0.05, 0) is 23.1 Å². The fourth-order valence-corrected chi connectivity index (χ4v) is 2.38. The Bertz CT molecular complexity index is 670. The van der Waals surface area contributed by atoms with Crippen LogP contribution in [-0.2, 0) is 7.05 Å². The van der Waals surface area contributed by atoms with Crippen LogP contribution in [-0.4, -0.2) is 9.67 Å². The molecule has 0 unspecified atom stereocenters. The summed E-state index contributed by atoms with van der Waals surface area (Å²) in [6.07, 6.45) is -0.580. The van der Waals surface area contributed by atoms with E-state index in [4.69, 9.17) is 0 Å². The van der Waals surface area contributed by atoms with Crippen LogP contribution in [0.1, 0.15) is 17.4 Å². The van der Waals surface area contributed by atoms with Crippen molar-refractivity contribution in [1.82, 2.24) is 4.57 Å². The van der Waals surface area contributed by atoms with Gasteiger partial charge in [0.2, 0.25) is 0 Å². The maximum atomic E-state index is 10.5. The Balaban J connectivity index is 2.12. The highest BCUT2D eigenvalue weighted by molar-refractivity contribution is 5.81. The highest BCUT2D eigenvalue weighted by atomic mass is 16.3. The summed E-state index contributed by atoms with van der Waals surface area (Å²) in [5.74, 6) is 0. The van der Waals surface area contributed by atoms with E-state index in [1.54, 1.807) is 0 Å². The minimum atomic E-state index is -0.580. The van der Waals surface area contributed by atoms with Crippen molar-refractivity contribution in [3.05, 3.63) is 71.9 Å². The molecule has 0 amide bonds. The average Bonchev–Trinajstić information content (AvgIpc) is 2.77. The molecule has 1 heterocycles. The molecule has 3 rings (SSSR count). The summed E-state index contributed by atoms with van der Waals surface area (Å²) in [6.45, 7) is 0. The van der Waals surface area contributed by atoms with E-state index in [-0.39, 0.29) is 0 Å². The minimum Gasteiger partial charge on any atom is -0.382 e. The van der Waals surface area contributed by atoms with Gasteiger partial charge < -0.3 is 9.67 Å². The molecule has 0 aliphatic rings. The third-order valence-electron chi connectivity index (χ3n) is 3.38. The largest absolute Gasteiger partial charge is 0.382 e. The van der Waals surface area contributed by atoms with Crippen LogP contribution in [0.15, 0.2) is 60.7 Å². The molecular formula is C16H15NO. The van der Waals surface area contributed by atoms with E-state index in [1.807, 2.05) is 60.1 Å². The number of hydrogen-bond donors (Lipinski definition) is 1. The molecule has 1 N–H and O–H groups in total. The van der Waals surface area contributed by atoms with Gasteiger partial charge in [-0.3, -0.25) is 0 Å². The molecule has 0 saturated heterocycles. The summed E-state index contributed by atoms with van der Waals surface area (Å²) in [6, 6.07) is 20.0. The van der Waals surface area contributed by atoms with Crippen LogP contribution in [0.4, 0.5) is 0 Å². The first-order valence-electron chi connectivity index (χ1n) is 6.05. The lowest BCUT2D eigenvalue weighted by molar-refractivity contribution is 0.212. The maximum Gasteiger partial charge on any atom is 0.119 e. The first-order chi connectivity index (χ1) is 8.77. The van der Waals surface area contributed by atoms with Crippen LogP contribution in [0.5, 0.6) is 0 Å². The van der Waals surface area contributed by atoms with Crippen LogP contribution in [0.2, 0.25) is 0 Å². The first kappa shape index (κ1) is 11.1. The highest BCUT2D eigenvalue weighted by Crippen LogP contribution is 2.27. The second-order valence-corrected chi connectivity index (χ2v) is 4.50. The van der Waals surface area contributed by atoms with Gasteiger partial charge in [0, 0.05) is 12.6 Å².